The Bertz CT molecular complexity index is 248. The lowest BCUT2D eigenvalue weighted by atomic mass is 9.95. The van der Waals surface area contributed by atoms with Crippen molar-refractivity contribution in [1.29, 1.82) is 0 Å². The van der Waals surface area contributed by atoms with Gasteiger partial charge in [-0.3, -0.25) is 9.59 Å². The SMILES string of the molecule is CCC(CCC(=O)O)CCC(=O)OCCC(C)C. The van der Waals surface area contributed by atoms with Crippen molar-refractivity contribution < 1.29 is 19.4 Å². The normalized spacial score (nSPS) is 12.4. The van der Waals surface area contributed by atoms with E-state index in [0.29, 0.717) is 31.3 Å². The lowest BCUT2D eigenvalue weighted by molar-refractivity contribution is -0.144. The third kappa shape index (κ3) is 10.1. The Labute approximate surface area is 110 Å². The summed E-state index contributed by atoms with van der Waals surface area (Å²) in [5.74, 6) is -0.0899. The molecule has 0 saturated carbocycles. The zero-order chi connectivity index (χ0) is 14.0. The van der Waals surface area contributed by atoms with Crippen LogP contribution in [-0.2, 0) is 14.3 Å². The number of carboxylic acids is 1. The molecule has 1 N–H and O–H groups in total. The van der Waals surface area contributed by atoms with Gasteiger partial charge in [0.25, 0.3) is 0 Å². The molecule has 0 amide bonds. The molecule has 0 aromatic heterocycles. The van der Waals surface area contributed by atoms with Crippen LogP contribution in [0.3, 0.4) is 0 Å². The van der Waals surface area contributed by atoms with E-state index < -0.39 is 5.97 Å². The predicted molar refractivity (Wildman–Crippen MR) is 70.3 cm³/mol. The van der Waals surface area contributed by atoms with Crippen LogP contribution in [0.5, 0.6) is 0 Å². The van der Waals surface area contributed by atoms with Gasteiger partial charge in [-0.05, 0) is 31.1 Å². The van der Waals surface area contributed by atoms with Gasteiger partial charge in [0.1, 0.15) is 0 Å². The fourth-order valence-corrected chi connectivity index (χ4v) is 1.68. The molecule has 0 fully saturated rings. The Morgan fingerprint density at radius 2 is 1.72 bits per heavy atom. The zero-order valence-electron chi connectivity index (χ0n) is 11.8. The van der Waals surface area contributed by atoms with Gasteiger partial charge in [-0.2, -0.15) is 0 Å². The molecule has 4 nitrogen and oxygen atoms in total. The second kappa shape index (κ2) is 9.92. The minimum absolute atomic E-state index is 0.163. The molecule has 0 spiro atoms. The van der Waals surface area contributed by atoms with Gasteiger partial charge >= 0.3 is 11.9 Å². The molecule has 4 heteroatoms. The number of rotatable bonds is 10. The van der Waals surface area contributed by atoms with Crippen molar-refractivity contribution >= 4 is 11.9 Å². The van der Waals surface area contributed by atoms with Gasteiger partial charge in [0, 0.05) is 12.8 Å². The summed E-state index contributed by atoms with van der Waals surface area (Å²) in [4.78, 5) is 21.9. The van der Waals surface area contributed by atoms with Gasteiger partial charge in [0.05, 0.1) is 6.61 Å². The molecular formula is C14H26O4. The summed E-state index contributed by atoms with van der Waals surface area (Å²) in [6.45, 7) is 6.69. The highest BCUT2D eigenvalue weighted by atomic mass is 16.5. The Morgan fingerprint density at radius 1 is 1.11 bits per heavy atom. The molecule has 0 radical (unpaired) electrons. The fraction of sp³-hybridized carbons (Fsp3) is 0.857. The summed E-state index contributed by atoms with van der Waals surface area (Å²) in [6.07, 6.45) is 3.75. The second-order valence-electron chi connectivity index (χ2n) is 5.15. The van der Waals surface area contributed by atoms with E-state index in [1.165, 1.54) is 0 Å². The first kappa shape index (κ1) is 16.9. The molecule has 106 valence electrons. The van der Waals surface area contributed by atoms with Crippen LogP contribution in [0, 0.1) is 11.8 Å². The molecule has 0 rings (SSSR count). The van der Waals surface area contributed by atoms with Gasteiger partial charge in [0.15, 0.2) is 0 Å². The molecular weight excluding hydrogens is 232 g/mol. The summed E-state index contributed by atoms with van der Waals surface area (Å²) < 4.78 is 5.12. The number of hydrogen-bond donors (Lipinski definition) is 1. The van der Waals surface area contributed by atoms with E-state index in [9.17, 15) is 9.59 Å². The van der Waals surface area contributed by atoms with Gasteiger partial charge in [0.2, 0.25) is 0 Å². The lowest BCUT2D eigenvalue weighted by Crippen LogP contribution is -2.11. The smallest absolute Gasteiger partial charge is 0.305 e. The quantitative estimate of drug-likeness (QED) is 0.611. The standard InChI is InChI=1S/C14H26O4/c1-4-12(5-7-13(15)16)6-8-14(17)18-10-9-11(2)3/h11-12H,4-10H2,1-3H3,(H,15,16). The lowest BCUT2D eigenvalue weighted by Gasteiger charge is -2.13. The van der Waals surface area contributed by atoms with Crippen molar-refractivity contribution in [1.82, 2.24) is 0 Å². The number of carboxylic acid groups (broad SMARTS) is 1. The molecule has 1 unspecified atom stereocenters. The van der Waals surface area contributed by atoms with Crippen molar-refractivity contribution in [2.45, 2.75) is 59.3 Å². The van der Waals surface area contributed by atoms with Gasteiger partial charge < -0.3 is 9.84 Å². The summed E-state index contributed by atoms with van der Waals surface area (Å²) in [5, 5.41) is 8.61. The maximum Gasteiger partial charge on any atom is 0.305 e. The third-order valence-corrected chi connectivity index (χ3v) is 3.06. The molecule has 0 bridgehead atoms. The van der Waals surface area contributed by atoms with Crippen LogP contribution in [0.15, 0.2) is 0 Å². The Morgan fingerprint density at radius 3 is 2.22 bits per heavy atom. The monoisotopic (exact) mass is 258 g/mol. The van der Waals surface area contributed by atoms with Crippen LogP contribution < -0.4 is 0 Å². The van der Waals surface area contributed by atoms with E-state index in [0.717, 1.165) is 19.3 Å². The van der Waals surface area contributed by atoms with Crippen LogP contribution in [-0.4, -0.2) is 23.7 Å². The number of carbonyl (C=O) groups excluding carboxylic acids is 1. The molecule has 0 saturated heterocycles. The van der Waals surface area contributed by atoms with Gasteiger partial charge in [-0.15, -0.1) is 0 Å². The minimum Gasteiger partial charge on any atom is -0.481 e. The second-order valence-corrected chi connectivity index (χ2v) is 5.15. The zero-order valence-corrected chi connectivity index (χ0v) is 11.8. The van der Waals surface area contributed by atoms with Gasteiger partial charge in [-0.25, -0.2) is 0 Å². The van der Waals surface area contributed by atoms with Crippen LogP contribution in [0.1, 0.15) is 59.3 Å². The van der Waals surface area contributed by atoms with Gasteiger partial charge in [-0.1, -0.05) is 27.2 Å². The molecule has 0 aliphatic rings. The van der Waals surface area contributed by atoms with E-state index in [2.05, 4.69) is 13.8 Å². The molecule has 1 atom stereocenters. The Kier molecular flexibility index (Phi) is 9.33. The number of esters is 1. The van der Waals surface area contributed by atoms with Crippen LogP contribution >= 0.6 is 0 Å². The Balaban J connectivity index is 3.70. The summed E-state index contributed by atoms with van der Waals surface area (Å²) in [6, 6.07) is 0. The summed E-state index contributed by atoms with van der Waals surface area (Å²) in [5.41, 5.74) is 0. The van der Waals surface area contributed by atoms with Crippen LogP contribution in [0.4, 0.5) is 0 Å². The number of carbonyl (C=O) groups is 2. The number of ether oxygens (including phenoxy) is 1. The first-order valence-corrected chi connectivity index (χ1v) is 6.83. The highest BCUT2D eigenvalue weighted by Crippen LogP contribution is 2.17. The van der Waals surface area contributed by atoms with Crippen LogP contribution in [0.2, 0.25) is 0 Å². The van der Waals surface area contributed by atoms with Crippen molar-refractivity contribution in [3.63, 3.8) is 0 Å². The van der Waals surface area contributed by atoms with E-state index in [4.69, 9.17) is 9.84 Å². The Hall–Kier alpha value is -1.06. The number of aliphatic carboxylic acids is 1. The summed E-state index contributed by atoms with van der Waals surface area (Å²) >= 11 is 0. The molecule has 0 aromatic carbocycles. The maximum absolute atomic E-state index is 11.4. The van der Waals surface area contributed by atoms with Crippen molar-refractivity contribution in [2.24, 2.45) is 11.8 Å². The molecule has 0 aliphatic carbocycles. The van der Waals surface area contributed by atoms with Crippen molar-refractivity contribution in [3.8, 4) is 0 Å². The maximum atomic E-state index is 11.4. The molecule has 18 heavy (non-hydrogen) atoms. The minimum atomic E-state index is -0.770. The molecule has 0 aliphatic heterocycles. The largest absolute Gasteiger partial charge is 0.481 e. The van der Waals surface area contributed by atoms with E-state index in [1.54, 1.807) is 0 Å². The third-order valence-electron chi connectivity index (χ3n) is 3.06. The fourth-order valence-electron chi connectivity index (χ4n) is 1.68. The first-order valence-electron chi connectivity index (χ1n) is 6.83. The molecule has 0 heterocycles. The van der Waals surface area contributed by atoms with E-state index >= 15 is 0 Å². The van der Waals surface area contributed by atoms with Crippen molar-refractivity contribution in [2.75, 3.05) is 6.61 Å². The van der Waals surface area contributed by atoms with Crippen LogP contribution in [0.25, 0.3) is 0 Å². The average molecular weight is 258 g/mol. The average Bonchev–Trinajstić information content (AvgIpc) is 2.28. The molecule has 0 aromatic rings. The summed E-state index contributed by atoms with van der Waals surface area (Å²) in [7, 11) is 0. The topological polar surface area (TPSA) is 63.6 Å². The highest BCUT2D eigenvalue weighted by Gasteiger charge is 2.12. The number of hydrogen-bond acceptors (Lipinski definition) is 3. The predicted octanol–water partition coefficient (Wildman–Crippen LogP) is 3.25. The van der Waals surface area contributed by atoms with E-state index in [-0.39, 0.29) is 12.4 Å². The first-order chi connectivity index (χ1) is 8.45. The van der Waals surface area contributed by atoms with E-state index in [1.807, 2.05) is 6.92 Å². The van der Waals surface area contributed by atoms with Crippen molar-refractivity contribution in [3.05, 3.63) is 0 Å². The highest BCUT2D eigenvalue weighted by molar-refractivity contribution is 5.69.